The van der Waals surface area contributed by atoms with Gasteiger partial charge in [-0.3, -0.25) is 9.59 Å². The molecule has 0 fully saturated rings. The Bertz CT molecular complexity index is 103. The minimum absolute atomic E-state index is 1.12. The van der Waals surface area contributed by atoms with E-state index in [-0.39, 0.29) is 0 Å². The van der Waals surface area contributed by atoms with Crippen LogP contribution >= 0.6 is 0 Å². The summed E-state index contributed by atoms with van der Waals surface area (Å²) in [5, 5.41) is 15.9. The molecule has 0 aliphatic carbocycles. The molecule has 0 saturated heterocycles. The summed E-state index contributed by atoms with van der Waals surface area (Å²) in [6.45, 7) is 1.12. The first-order valence-corrected chi connectivity index (χ1v) is 2.01. The zero-order chi connectivity index (χ0) is 6.73. The minimum atomic E-state index is -1.31. The van der Waals surface area contributed by atoms with Crippen molar-refractivity contribution in [2.24, 2.45) is 5.92 Å². The van der Waals surface area contributed by atoms with Gasteiger partial charge >= 0.3 is 11.9 Å². The van der Waals surface area contributed by atoms with Crippen molar-refractivity contribution in [2.45, 2.75) is 6.92 Å². The van der Waals surface area contributed by atoms with Crippen molar-refractivity contribution in [2.75, 3.05) is 0 Å². The fraction of sp³-hybridized carbons (Fsp3) is 0.500. The Morgan fingerprint density at radius 3 is 1.50 bits per heavy atom. The molecular weight excluding hydrogens is 114 g/mol. The minimum Gasteiger partial charge on any atom is -0.481 e. The standard InChI is InChI=1S/C4H6O4/c1-2(3(5)6)4(7)8/h2H,1H3,(H,5,6)(H,7,8)/i1+2. The zero-order valence-electron chi connectivity index (χ0n) is 4.29. The van der Waals surface area contributed by atoms with E-state index in [4.69, 9.17) is 10.2 Å². The molecule has 0 aromatic carbocycles. The highest BCUT2D eigenvalue weighted by Gasteiger charge is 2.18. The third-order valence-corrected chi connectivity index (χ3v) is 0.741. The van der Waals surface area contributed by atoms with Crippen LogP contribution in [0.4, 0.5) is 0 Å². The summed E-state index contributed by atoms with van der Waals surface area (Å²) >= 11 is 0. The highest BCUT2D eigenvalue weighted by molar-refractivity contribution is 5.92. The third kappa shape index (κ3) is 1.59. The second kappa shape index (κ2) is 2.30. The van der Waals surface area contributed by atoms with E-state index in [1.807, 2.05) is 0 Å². The molecule has 0 aromatic rings. The van der Waals surface area contributed by atoms with E-state index in [1.54, 1.807) is 0 Å². The molecule has 46 valence electrons. The van der Waals surface area contributed by atoms with Crippen LogP contribution in [0.1, 0.15) is 6.92 Å². The first-order chi connectivity index (χ1) is 3.55. The summed E-state index contributed by atoms with van der Waals surface area (Å²) in [5.41, 5.74) is 0. The van der Waals surface area contributed by atoms with E-state index < -0.39 is 17.9 Å². The van der Waals surface area contributed by atoms with Crippen LogP contribution in [0.5, 0.6) is 0 Å². The molecule has 2 N–H and O–H groups in total. The molecule has 0 heterocycles. The van der Waals surface area contributed by atoms with Crippen molar-refractivity contribution < 1.29 is 19.8 Å². The van der Waals surface area contributed by atoms with E-state index in [0.29, 0.717) is 0 Å². The average molecular weight is 120 g/mol. The molecule has 0 aliphatic rings. The molecule has 0 saturated carbocycles. The Balaban J connectivity index is 3.83. The summed E-state index contributed by atoms with van der Waals surface area (Å²) < 4.78 is 0. The van der Waals surface area contributed by atoms with Gasteiger partial charge in [0.1, 0.15) is 0 Å². The van der Waals surface area contributed by atoms with Gasteiger partial charge in [-0.1, -0.05) is 0 Å². The van der Waals surface area contributed by atoms with Crippen LogP contribution < -0.4 is 0 Å². The Morgan fingerprint density at radius 1 is 1.25 bits per heavy atom. The number of hydrogen-bond donors (Lipinski definition) is 2. The van der Waals surface area contributed by atoms with Gasteiger partial charge in [0.05, 0.1) is 0 Å². The van der Waals surface area contributed by atoms with Gasteiger partial charge in [0.2, 0.25) is 0 Å². The number of carboxylic acids is 2. The van der Waals surface area contributed by atoms with Gasteiger partial charge in [-0.15, -0.1) is 0 Å². The zero-order valence-corrected chi connectivity index (χ0v) is 4.29. The molecule has 8 heavy (non-hydrogen) atoms. The molecular formula is C4H6O4. The van der Waals surface area contributed by atoms with E-state index in [0.717, 1.165) is 6.92 Å². The van der Waals surface area contributed by atoms with Gasteiger partial charge in [0.25, 0.3) is 0 Å². The topological polar surface area (TPSA) is 74.6 Å². The molecule has 0 rings (SSSR count). The molecule has 4 heteroatoms. The lowest BCUT2D eigenvalue weighted by atomic mass is 10.3. The fourth-order valence-corrected chi connectivity index (χ4v) is 0.106. The molecule has 0 bridgehead atoms. The maximum atomic E-state index is 9.76. The summed E-state index contributed by atoms with van der Waals surface area (Å²) in [6, 6.07) is 0. The van der Waals surface area contributed by atoms with Crippen LogP contribution in [-0.2, 0) is 9.59 Å². The van der Waals surface area contributed by atoms with Crippen molar-refractivity contribution in [1.82, 2.24) is 0 Å². The van der Waals surface area contributed by atoms with Gasteiger partial charge in [-0.25, -0.2) is 0 Å². The lowest BCUT2D eigenvalue weighted by Gasteiger charge is -1.94. The molecule has 0 radical (unpaired) electrons. The molecule has 0 aliphatic heterocycles. The van der Waals surface area contributed by atoms with Crippen molar-refractivity contribution in [3.8, 4) is 0 Å². The largest absolute Gasteiger partial charge is 0.481 e. The SMILES string of the molecule is [14CH3]C(C(=O)O)C(=O)O. The summed E-state index contributed by atoms with van der Waals surface area (Å²) in [6.07, 6.45) is 0. The quantitative estimate of drug-likeness (QED) is 0.494. The summed E-state index contributed by atoms with van der Waals surface area (Å²) in [5.74, 6) is -3.91. The molecule has 0 amide bonds. The van der Waals surface area contributed by atoms with Crippen molar-refractivity contribution in [1.29, 1.82) is 0 Å². The maximum absolute atomic E-state index is 9.76. The second-order valence-corrected chi connectivity index (χ2v) is 1.40. The number of rotatable bonds is 2. The number of carboxylic acid groups (broad SMARTS) is 2. The summed E-state index contributed by atoms with van der Waals surface area (Å²) in [4.78, 5) is 19.5. The molecule has 4 nitrogen and oxygen atoms in total. The van der Waals surface area contributed by atoms with Gasteiger partial charge < -0.3 is 10.2 Å². The Kier molecular flexibility index (Phi) is 1.99. The van der Waals surface area contributed by atoms with Crippen LogP contribution in [0.3, 0.4) is 0 Å². The van der Waals surface area contributed by atoms with Crippen LogP contribution in [0.25, 0.3) is 0 Å². The molecule has 0 unspecified atom stereocenters. The first kappa shape index (κ1) is 6.94. The predicted octanol–water partition coefficient (Wildman–Crippen LogP) is -0.208. The van der Waals surface area contributed by atoms with Crippen LogP contribution in [0.2, 0.25) is 0 Å². The van der Waals surface area contributed by atoms with Gasteiger partial charge in [0.15, 0.2) is 5.92 Å². The second-order valence-electron chi connectivity index (χ2n) is 1.40. The summed E-state index contributed by atoms with van der Waals surface area (Å²) in [7, 11) is 0. The number of aliphatic carboxylic acids is 2. The van der Waals surface area contributed by atoms with Crippen molar-refractivity contribution >= 4 is 11.9 Å². The molecule has 0 spiro atoms. The third-order valence-electron chi connectivity index (χ3n) is 0.741. The Labute approximate surface area is 45.7 Å². The van der Waals surface area contributed by atoms with E-state index in [1.165, 1.54) is 0 Å². The van der Waals surface area contributed by atoms with E-state index in [9.17, 15) is 9.59 Å². The van der Waals surface area contributed by atoms with Gasteiger partial charge in [-0.05, 0) is 6.92 Å². The highest BCUT2D eigenvalue weighted by Crippen LogP contribution is 1.91. The highest BCUT2D eigenvalue weighted by atomic mass is 16.4. The lowest BCUT2D eigenvalue weighted by molar-refractivity contribution is -0.153. The number of carbonyl (C=O) groups is 2. The smallest absolute Gasteiger partial charge is 0.317 e. The van der Waals surface area contributed by atoms with Crippen molar-refractivity contribution in [3.63, 3.8) is 0 Å². The van der Waals surface area contributed by atoms with E-state index >= 15 is 0 Å². The lowest BCUT2D eigenvalue weighted by Crippen LogP contribution is -2.19. The maximum Gasteiger partial charge on any atom is 0.317 e. The van der Waals surface area contributed by atoms with Crippen LogP contribution in [0.15, 0.2) is 0 Å². The molecule has 0 aromatic heterocycles. The first-order valence-electron chi connectivity index (χ1n) is 2.01. The van der Waals surface area contributed by atoms with Crippen molar-refractivity contribution in [3.05, 3.63) is 0 Å². The predicted molar refractivity (Wildman–Crippen MR) is 24.4 cm³/mol. The number of hydrogen-bond acceptors (Lipinski definition) is 2. The van der Waals surface area contributed by atoms with Crippen LogP contribution in [0, 0.1) is 5.92 Å². The normalized spacial score (nSPS) is 9.25. The Hall–Kier alpha value is -1.06. The van der Waals surface area contributed by atoms with Gasteiger partial charge in [-0.2, -0.15) is 0 Å². The fourth-order valence-electron chi connectivity index (χ4n) is 0.106. The average Bonchev–Trinajstić information content (AvgIpc) is 1.64. The monoisotopic (exact) mass is 120 g/mol. The van der Waals surface area contributed by atoms with Gasteiger partial charge in [0, 0.05) is 0 Å². The van der Waals surface area contributed by atoms with E-state index in [2.05, 4.69) is 0 Å². The Morgan fingerprint density at radius 2 is 1.50 bits per heavy atom. The molecule has 0 atom stereocenters. The van der Waals surface area contributed by atoms with Crippen LogP contribution in [-0.4, -0.2) is 22.2 Å².